The molecule has 0 heterocycles. The molecule has 0 atom stereocenters. The fraction of sp³-hybridized carbons (Fsp3) is 0.440. The molecule has 1 aromatic carbocycles. The van der Waals surface area contributed by atoms with Gasteiger partial charge in [0.05, 0.1) is 6.26 Å². The molecule has 28 heavy (non-hydrogen) atoms. The molecule has 0 aromatic heterocycles. The van der Waals surface area contributed by atoms with E-state index in [1.165, 1.54) is 5.56 Å². The van der Waals surface area contributed by atoms with Crippen molar-refractivity contribution >= 4 is 9.52 Å². The SMILES string of the molecule is C=CC(=COc1cccc(C(C)(C)C)c1)C(C)(C)C.C[Si]C.[C-]1=CC=CC1.[Ti]. The Morgan fingerprint density at radius 1 is 1.14 bits per heavy atom. The molecule has 3 heteroatoms. The molecule has 1 aliphatic carbocycles. The van der Waals surface area contributed by atoms with Crippen LogP contribution in [0.5, 0.6) is 5.75 Å². The number of hydrogen-bond donors (Lipinski definition) is 0. The average molecular weight is 430 g/mol. The zero-order valence-electron chi connectivity index (χ0n) is 19.0. The second-order valence-corrected chi connectivity index (χ2v) is 9.43. The van der Waals surface area contributed by atoms with Gasteiger partial charge < -0.3 is 4.74 Å². The van der Waals surface area contributed by atoms with Crippen LogP contribution in [0.15, 0.2) is 67.0 Å². The van der Waals surface area contributed by atoms with Crippen LogP contribution in [0.25, 0.3) is 0 Å². The van der Waals surface area contributed by atoms with Crippen molar-refractivity contribution in [2.75, 3.05) is 0 Å². The summed E-state index contributed by atoms with van der Waals surface area (Å²) >= 11 is 0. The van der Waals surface area contributed by atoms with Crippen molar-refractivity contribution in [1.29, 1.82) is 0 Å². The summed E-state index contributed by atoms with van der Waals surface area (Å²) in [4.78, 5) is 0. The van der Waals surface area contributed by atoms with Gasteiger partial charge >= 0.3 is 0 Å². The van der Waals surface area contributed by atoms with E-state index in [0.29, 0.717) is 0 Å². The topological polar surface area (TPSA) is 9.23 Å². The van der Waals surface area contributed by atoms with Crippen molar-refractivity contribution in [3.05, 3.63) is 78.6 Å². The first-order valence-corrected chi connectivity index (χ1v) is 11.5. The maximum Gasteiger partial charge on any atom is 0.126 e. The number of ether oxygens (including phenoxy) is 1. The van der Waals surface area contributed by atoms with Gasteiger partial charge in [0, 0.05) is 31.2 Å². The summed E-state index contributed by atoms with van der Waals surface area (Å²) in [6.07, 6.45) is 13.7. The van der Waals surface area contributed by atoms with Crippen molar-refractivity contribution < 1.29 is 26.5 Å². The van der Waals surface area contributed by atoms with Gasteiger partial charge in [-0.1, -0.05) is 79.4 Å². The monoisotopic (exact) mass is 429 g/mol. The van der Waals surface area contributed by atoms with Crippen LogP contribution < -0.4 is 4.74 Å². The van der Waals surface area contributed by atoms with Crippen molar-refractivity contribution in [2.45, 2.75) is 66.5 Å². The van der Waals surface area contributed by atoms with Crippen LogP contribution in [0.1, 0.15) is 53.5 Å². The van der Waals surface area contributed by atoms with Gasteiger partial charge in [0.25, 0.3) is 0 Å². The molecule has 0 amide bonds. The summed E-state index contributed by atoms with van der Waals surface area (Å²) in [5.74, 6) is 0.871. The smallest absolute Gasteiger partial charge is 0.126 e. The fourth-order valence-electron chi connectivity index (χ4n) is 2.04. The summed E-state index contributed by atoms with van der Waals surface area (Å²) in [6.45, 7) is 21.2. The van der Waals surface area contributed by atoms with E-state index in [1.54, 1.807) is 6.26 Å². The van der Waals surface area contributed by atoms with Crippen molar-refractivity contribution in [2.24, 2.45) is 5.41 Å². The molecule has 0 spiro atoms. The van der Waals surface area contributed by atoms with E-state index >= 15 is 0 Å². The van der Waals surface area contributed by atoms with E-state index in [9.17, 15) is 0 Å². The van der Waals surface area contributed by atoms with Gasteiger partial charge in [-0.25, -0.2) is 12.2 Å². The molecule has 0 unspecified atom stereocenters. The van der Waals surface area contributed by atoms with Crippen LogP contribution >= 0.6 is 0 Å². The van der Waals surface area contributed by atoms with Crippen molar-refractivity contribution in [3.8, 4) is 5.75 Å². The van der Waals surface area contributed by atoms with Crippen LogP contribution in [-0.2, 0) is 27.1 Å². The third-order valence-electron chi connectivity index (χ3n) is 3.69. The van der Waals surface area contributed by atoms with Crippen molar-refractivity contribution in [1.82, 2.24) is 0 Å². The standard InChI is InChI=1S/C18H26O.C5H5.C2H6Si.Ti/c1-8-14(17(2,3)4)13-19-16-11-9-10-15(12-16)18(5,6)7;1-2-4-5-3-1;1-3-2;/h8-13H,1H2,2-7H3;1-3H,4H2;1-2H3;/q;-1;;. The number of rotatable bonds is 3. The number of hydrogen-bond acceptors (Lipinski definition) is 1. The maximum absolute atomic E-state index is 5.79. The summed E-state index contributed by atoms with van der Waals surface area (Å²) in [6, 6.07) is 8.25. The van der Waals surface area contributed by atoms with Gasteiger partial charge in [-0.2, -0.15) is 6.08 Å². The Hall–Kier alpha value is -1.09. The molecule has 0 fully saturated rings. The van der Waals surface area contributed by atoms with E-state index in [-0.39, 0.29) is 32.5 Å². The first-order chi connectivity index (χ1) is 12.6. The van der Waals surface area contributed by atoms with Crippen LogP contribution in [0.2, 0.25) is 13.1 Å². The van der Waals surface area contributed by atoms with Gasteiger partial charge in [0.2, 0.25) is 0 Å². The largest absolute Gasteiger partial charge is 0.465 e. The van der Waals surface area contributed by atoms with Crippen LogP contribution in [0.4, 0.5) is 0 Å². The Morgan fingerprint density at radius 3 is 2.11 bits per heavy atom. The summed E-state index contributed by atoms with van der Waals surface area (Å²) in [5.41, 5.74) is 2.54. The predicted octanol–water partition coefficient (Wildman–Crippen LogP) is 7.57. The third-order valence-corrected chi connectivity index (χ3v) is 3.69. The summed E-state index contributed by atoms with van der Waals surface area (Å²) in [5, 5.41) is 0. The molecular weight excluding hydrogens is 392 g/mol. The first-order valence-electron chi connectivity index (χ1n) is 9.46. The second-order valence-electron chi connectivity index (χ2n) is 8.43. The first kappa shape index (κ1) is 29.1. The van der Waals surface area contributed by atoms with Crippen LogP contribution in [0, 0.1) is 11.5 Å². The Morgan fingerprint density at radius 2 is 1.75 bits per heavy atom. The minimum absolute atomic E-state index is 0. The molecule has 2 radical (unpaired) electrons. The van der Waals surface area contributed by atoms with Crippen molar-refractivity contribution in [3.63, 3.8) is 0 Å². The Kier molecular flexibility index (Phi) is 15.4. The Bertz CT molecular complexity index is 633. The molecule has 0 N–H and O–H groups in total. The van der Waals surface area contributed by atoms with E-state index in [2.05, 4.69) is 85.5 Å². The molecule has 0 aliphatic heterocycles. The van der Waals surface area contributed by atoms with E-state index in [1.807, 2.05) is 30.4 Å². The molecular formula is C25H37OSiTi-. The maximum atomic E-state index is 5.79. The van der Waals surface area contributed by atoms with Gasteiger partial charge in [0.15, 0.2) is 0 Å². The molecule has 1 aliphatic rings. The summed E-state index contributed by atoms with van der Waals surface area (Å²) < 4.78 is 5.79. The Labute approximate surface area is 191 Å². The van der Waals surface area contributed by atoms with E-state index in [4.69, 9.17) is 4.74 Å². The minimum Gasteiger partial charge on any atom is -0.465 e. The van der Waals surface area contributed by atoms with E-state index in [0.717, 1.165) is 27.3 Å². The quantitative estimate of drug-likeness (QED) is 0.208. The minimum atomic E-state index is 0. The van der Waals surface area contributed by atoms with Crippen LogP contribution in [0.3, 0.4) is 0 Å². The zero-order chi connectivity index (χ0) is 20.9. The average Bonchev–Trinajstić information content (AvgIpc) is 3.14. The fourth-order valence-corrected chi connectivity index (χ4v) is 2.04. The molecule has 2 rings (SSSR count). The zero-order valence-corrected chi connectivity index (χ0v) is 21.6. The van der Waals surface area contributed by atoms with Gasteiger partial charge in [0.1, 0.15) is 5.75 Å². The van der Waals surface area contributed by atoms with Gasteiger partial charge in [-0.15, -0.1) is 6.42 Å². The summed E-state index contributed by atoms with van der Waals surface area (Å²) in [7, 11) is 1.08. The Balaban J connectivity index is 0. The predicted molar refractivity (Wildman–Crippen MR) is 123 cm³/mol. The third kappa shape index (κ3) is 13.1. The van der Waals surface area contributed by atoms with Gasteiger partial charge in [-0.3, -0.25) is 6.08 Å². The van der Waals surface area contributed by atoms with E-state index < -0.39 is 0 Å². The molecule has 1 aromatic rings. The van der Waals surface area contributed by atoms with Crippen LogP contribution in [-0.4, -0.2) is 9.52 Å². The normalized spacial score (nSPS) is 12.8. The number of benzene rings is 1. The molecule has 1 nitrogen and oxygen atoms in total. The molecule has 0 saturated carbocycles. The van der Waals surface area contributed by atoms with Gasteiger partial charge in [-0.05, 0) is 34.1 Å². The molecule has 152 valence electrons. The molecule has 0 saturated heterocycles. The number of allylic oxidation sites excluding steroid dienone is 6. The second kappa shape index (κ2) is 14.8. The molecule has 0 bridgehead atoms.